The van der Waals surface area contributed by atoms with Crippen molar-refractivity contribution >= 4 is 29.5 Å². The molecule has 9 heteroatoms. The molecule has 0 aliphatic carbocycles. The Balaban J connectivity index is 1.91. The highest BCUT2D eigenvalue weighted by molar-refractivity contribution is 6.01. The quantitative estimate of drug-likeness (QED) is 0.330. The zero-order chi connectivity index (χ0) is 19.6. The summed E-state index contributed by atoms with van der Waals surface area (Å²) in [6.45, 7) is 1.51. The number of esters is 1. The van der Waals surface area contributed by atoms with Crippen LogP contribution in [-0.4, -0.2) is 36.2 Å². The van der Waals surface area contributed by atoms with Crippen LogP contribution in [-0.2, 0) is 14.4 Å². The second-order valence-corrected chi connectivity index (χ2v) is 5.17. The van der Waals surface area contributed by atoms with Gasteiger partial charge < -0.3 is 14.9 Å². The van der Waals surface area contributed by atoms with E-state index in [-0.39, 0.29) is 17.9 Å². The van der Waals surface area contributed by atoms with Gasteiger partial charge in [0.15, 0.2) is 6.61 Å². The summed E-state index contributed by atoms with van der Waals surface area (Å²) in [7, 11) is 0. The number of nitro groups is 1. The van der Waals surface area contributed by atoms with Crippen LogP contribution in [0.4, 0.5) is 11.4 Å². The van der Waals surface area contributed by atoms with Crippen molar-refractivity contribution in [1.82, 2.24) is 0 Å². The first-order chi connectivity index (χ1) is 13.0. The third kappa shape index (κ3) is 5.92. The van der Waals surface area contributed by atoms with Crippen LogP contribution in [0.1, 0.15) is 22.8 Å². The number of ether oxygens (including phenoxy) is 1. The van der Waals surface area contributed by atoms with Crippen molar-refractivity contribution in [2.45, 2.75) is 6.92 Å². The highest BCUT2D eigenvalue weighted by Gasteiger charge is 2.14. The van der Waals surface area contributed by atoms with Gasteiger partial charge in [-0.05, 0) is 19.1 Å². The Morgan fingerprint density at radius 2 is 2.00 bits per heavy atom. The Labute approximate surface area is 154 Å². The summed E-state index contributed by atoms with van der Waals surface area (Å²) < 4.78 is 4.93. The molecule has 9 nitrogen and oxygen atoms in total. The molecule has 0 aliphatic heterocycles. The van der Waals surface area contributed by atoms with Crippen LogP contribution in [0.2, 0.25) is 0 Å². The minimum atomic E-state index is -0.544. The number of para-hydroxylation sites is 1. The summed E-state index contributed by atoms with van der Waals surface area (Å²) >= 11 is 0. The molecule has 1 N–H and O–H groups in total. The van der Waals surface area contributed by atoms with E-state index in [1.54, 1.807) is 31.2 Å². The second-order valence-electron chi connectivity index (χ2n) is 5.17. The number of hydrogen-bond donors (Lipinski definition) is 1. The first-order valence-corrected chi connectivity index (χ1v) is 7.97. The van der Waals surface area contributed by atoms with E-state index >= 15 is 0 Å². The maximum Gasteiger partial charge on any atom is 0.340 e. The van der Waals surface area contributed by atoms with Gasteiger partial charge in [0.2, 0.25) is 0 Å². The molecule has 2 aromatic carbocycles. The van der Waals surface area contributed by atoms with E-state index in [9.17, 15) is 19.7 Å². The minimum Gasteiger partial charge on any atom is -0.462 e. The minimum absolute atomic E-state index is 0.0766. The molecule has 27 heavy (non-hydrogen) atoms. The monoisotopic (exact) mass is 371 g/mol. The smallest absolute Gasteiger partial charge is 0.340 e. The molecule has 0 radical (unpaired) electrons. The lowest BCUT2D eigenvalue weighted by atomic mass is 10.2. The van der Waals surface area contributed by atoms with Gasteiger partial charge in [0.05, 0.1) is 29.0 Å². The molecule has 0 unspecified atom stereocenters. The van der Waals surface area contributed by atoms with Gasteiger partial charge >= 0.3 is 5.97 Å². The molecule has 0 spiro atoms. The summed E-state index contributed by atoms with van der Waals surface area (Å²) in [4.78, 5) is 38.9. The van der Waals surface area contributed by atoms with Gasteiger partial charge in [0, 0.05) is 17.7 Å². The summed E-state index contributed by atoms with van der Waals surface area (Å²) in [5, 5.41) is 16.9. The summed E-state index contributed by atoms with van der Waals surface area (Å²) in [5.74, 6) is -1.07. The number of carbonyl (C=O) groups is 2. The number of carbonyl (C=O) groups excluding carboxylic acids is 2. The first kappa shape index (κ1) is 19.6. The molecule has 0 heterocycles. The number of nitro benzene ring substituents is 1. The predicted octanol–water partition coefficient (Wildman–Crippen LogP) is 2.76. The SMILES string of the molecule is CCOC(=O)c1ccccc1NC(=O)CO/N=C/c1cccc([N+](=O)[O-])c1. The summed E-state index contributed by atoms with van der Waals surface area (Å²) in [6.07, 6.45) is 1.26. The second kappa shape index (κ2) is 9.66. The molecule has 0 aliphatic rings. The van der Waals surface area contributed by atoms with Crippen molar-refractivity contribution in [2.24, 2.45) is 5.16 Å². The summed E-state index contributed by atoms with van der Waals surface area (Å²) in [5.41, 5.74) is 0.907. The van der Waals surface area contributed by atoms with Crippen LogP contribution >= 0.6 is 0 Å². The Morgan fingerprint density at radius 3 is 2.74 bits per heavy atom. The van der Waals surface area contributed by atoms with Gasteiger partial charge in [0.25, 0.3) is 11.6 Å². The number of non-ortho nitro benzene ring substituents is 1. The predicted molar refractivity (Wildman–Crippen MR) is 97.7 cm³/mol. The third-order valence-electron chi connectivity index (χ3n) is 3.25. The fraction of sp³-hybridized carbons (Fsp3) is 0.167. The average molecular weight is 371 g/mol. The molecule has 140 valence electrons. The van der Waals surface area contributed by atoms with Crippen LogP contribution in [0.25, 0.3) is 0 Å². The van der Waals surface area contributed by atoms with Crippen molar-refractivity contribution in [1.29, 1.82) is 0 Å². The van der Waals surface area contributed by atoms with Gasteiger partial charge in [-0.25, -0.2) is 4.79 Å². The lowest BCUT2D eigenvalue weighted by molar-refractivity contribution is -0.384. The highest BCUT2D eigenvalue weighted by Crippen LogP contribution is 2.16. The highest BCUT2D eigenvalue weighted by atomic mass is 16.6. The largest absolute Gasteiger partial charge is 0.462 e. The molecule has 0 saturated carbocycles. The number of hydrogen-bond acceptors (Lipinski definition) is 7. The van der Waals surface area contributed by atoms with E-state index in [1.807, 2.05) is 0 Å². The Kier molecular flexibility index (Phi) is 7.00. The van der Waals surface area contributed by atoms with Crippen molar-refractivity contribution < 1.29 is 24.1 Å². The maximum atomic E-state index is 11.9. The van der Waals surface area contributed by atoms with E-state index < -0.39 is 23.4 Å². The van der Waals surface area contributed by atoms with Crippen molar-refractivity contribution in [3.8, 4) is 0 Å². The molecule has 0 saturated heterocycles. The topological polar surface area (TPSA) is 120 Å². The molecule has 0 fully saturated rings. The zero-order valence-corrected chi connectivity index (χ0v) is 14.5. The molecule has 0 bridgehead atoms. The average Bonchev–Trinajstić information content (AvgIpc) is 2.66. The number of rotatable bonds is 8. The Morgan fingerprint density at radius 1 is 1.22 bits per heavy atom. The third-order valence-corrected chi connectivity index (χ3v) is 3.25. The van der Waals surface area contributed by atoms with Crippen LogP contribution in [0, 0.1) is 10.1 Å². The van der Waals surface area contributed by atoms with E-state index in [0.29, 0.717) is 11.3 Å². The normalized spacial score (nSPS) is 10.4. The van der Waals surface area contributed by atoms with E-state index in [0.717, 1.165) is 0 Å². The summed E-state index contributed by atoms with van der Waals surface area (Å²) in [6, 6.07) is 12.2. The van der Waals surface area contributed by atoms with E-state index in [4.69, 9.17) is 9.57 Å². The number of nitrogens with zero attached hydrogens (tertiary/aromatic N) is 2. The maximum absolute atomic E-state index is 11.9. The molecule has 0 atom stereocenters. The van der Waals surface area contributed by atoms with Crippen molar-refractivity contribution in [3.05, 3.63) is 69.8 Å². The Bertz CT molecular complexity index is 866. The van der Waals surface area contributed by atoms with Crippen molar-refractivity contribution in [2.75, 3.05) is 18.5 Å². The van der Waals surface area contributed by atoms with Gasteiger partial charge in [-0.15, -0.1) is 0 Å². The van der Waals surface area contributed by atoms with E-state index in [1.165, 1.54) is 30.5 Å². The fourth-order valence-corrected chi connectivity index (χ4v) is 2.08. The van der Waals surface area contributed by atoms with E-state index in [2.05, 4.69) is 10.5 Å². The van der Waals surface area contributed by atoms with Crippen LogP contribution < -0.4 is 5.32 Å². The van der Waals surface area contributed by atoms with Gasteiger partial charge in [-0.1, -0.05) is 29.4 Å². The lowest BCUT2D eigenvalue weighted by Crippen LogP contribution is -2.19. The van der Waals surface area contributed by atoms with Crippen LogP contribution in [0.3, 0.4) is 0 Å². The molecule has 2 aromatic rings. The number of nitrogens with one attached hydrogen (secondary N) is 1. The van der Waals surface area contributed by atoms with Crippen LogP contribution in [0.15, 0.2) is 53.7 Å². The number of anilines is 1. The molecular weight excluding hydrogens is 354 g/mol. The molecule has 0 aromatic heterocycles. The fourth-order valence-electron chi connectivity index (χ4n) is 2.08. The number of benzene rings is 2. The number of amides is 1. The van der Waals surface area contributed by atoms with Gasteiger partial charge in [0.1, 0.15) is 0 Å². The zero-order valence-electron chi connectivity index (χ0n) is 14.5. The van der Waals surface area contributed by atoms with Crippen LogP contribution in [0.5, 0.6) is 0 Å². The molecular formula is C18H17N3O6. The molecule has 2 rings (SSSR count). The standard InChI is InChI=1S/C18H17N3O6/c1-2-26-18(23)15-8-3-4-9-16(15)20-17(22)12-27-19-11-13-6-5-7-14(10-13)21(24)25/h3-11H,2,12H2,1H3,(H,20,22)/b19-11+. The lowest BCUT2D eigenvalue weighted by Gasteiger charge is -2.09. The number of oxime groups is 1. The molecule has 1 amide bonds. The van der Waals surface area contributed by atoms with Gasteiger partial charge in [-0.3, -0.25) is 14.9 Å². The first-order valence-electron chi connectivity index (χ1n) is 7.97. The van der Waals surface area contributed by atoms with Gasteiger partial charge in [-0.2, -0.15) is 0 Å². The van der Waals surface area contributed by atoms with Crippen molar-refractivity contribution in [3.63, 3.8) is 0 Å². The Hall–Kier alpha value is -3.75.